The lowest BCUT2D eigenvalue weighted by atomic mass is 10.2. The second-order valence-corrected chi connectivity index (χ2v) is 5.91. The Kier molecular flexibility index (Phi) is 3.70. The third-order valence-corrected chi connectivity index (χ3v) is 4.30. The number of hydrogen-bond acceptors (Lipinski definition) is 4. The fourth-order valence-electron chi connectivity index (χ4n) is 1.65. The molecular weight excluding hydrogens is 188 g/mol. The monoisotopic (exact) mass is 206 g/mol. The van der Waals surface area contributed by atoms with Gasteiger partial charge in [-0.3, -0.25) is 0 Å². The summed E-state index contributed by atoms with van der Waals surface area (Å²) in [5.74, 6) is 0.679. The summed E-state index contributed by atoms with van der Waals surface area (Å²) >= 11 is 0. The van der Waals surface area contributed by atoms with Gasteiger partial charge in [-0.2, -0.15) is 0 Å². The molecule has 0 radical (unpaired) electrons. The molecule has 0 aromatic rings. The Bertz CT molecular complexity index is 251. The number of rotatable bonds is 4. The van der Waals surface area contributed by atoms with E-state index in [4.69, 9.17) is 5.73 Å². The molecule has 1 fully saturated rings. The summed E-state index contributed by atoms with van der Waals surface area (Å²) in [6.07, 6.45) is 1.72. The Balaban J connectivity index is 2.37. The zero-order valence-electron chi connectivity index (χ0n) is 8.07. The van der Waals surface area contributed by atoms with E-state index in [2.05, 4.69) is 4.90 Å². The molecule has 78 valence electrons. The van der Waals surface area contributed by atoms with Crippen LogP contribution in [-0.4, -0.2) is 51.0 Å². The highest BCUT2D eigenvalue weighted by Crippen LogP contribution is 2.16. The van der Waals surface area contributed by atoms with E-state index in [1.54, 1.807) is 0 Å². The van der Waals surface area contributed by atoms with Gasteiger partial charge in [0.15, 0.2) is 9.84 Å². The molecule has 0 amide bonds. The van der Waals surface area contributed by atoms with Crippen molar-refractivity contribution in [2.45, 2.75) is 18.9 Å². The Hall–Kier alpha value is -0.130. The molecule has 1 aliphatic rings. The van der Waals surface area contributed by atoms with Crippen LogP contribution in [0.4, 0.5) is 0 Å². The molecule has 1 heterocycles. The topological polar surface area (TPSA) is 63.4 Å². The number of nitrogens with zero attached hydrogens (tertiary/aromatic N) is 1. The molecule has 5 heteroatoms. The normalized spacial score (nSPS) is 26.8. The van der Waals surface area contributed by atoms with E-state index in [0.29, 0.717) is 18.1 Å². The average Bonchev–Trinajstić information content (AvgIpc) is 2.42. The molecule has 1 atom stereocenters. The number of hydrogen-bond donors (Lipinski definition) is 1. The maximum absolute atomic E-state index is 11.2. The van der Waals surface area contributed by atoms with Gasteiger partial charge >= 0.3 is 0 Å². The van der Waals surface area contributed by atoms with Gasteiger partial charge in [-0.05, 0) is 33.0 Å². The zero-order chi connectivity index (χ0) is 9.90. The molecule has 2 N–H and O–H groups in total. The minimum absolute atomic E-state index is 0.219. The van der Waals surface area contributed by atoms with Crippen molar-refractivity contribution in [1.29, 1.82) is 0 Å². The van der Waals surface area contributed by atoms with Crippen LogP contribution in [-0.2, 0) is 9.84 Å². The molecule has 1 unspecified atom stereocenters. The molecule has 1 rings (SSSR count). The van der Waals surface area contributed by atoms with Crippen molar-refractivity contribution in [2.24, 2.45) is 5.73 Å². The molecule has 1 saturated heterocycles. The third-order valence-electron chi connectivity index (χ3n) is 2.55. The second kappa shape index (κ2) is 4.39. The van der Waals surface area contributed by atoms with Crippen molar-refractivity contribution in [3.05, 3.63) is 0 Å². The van der Waals surface area contributed by atoms with Crippen molar-refractivity contribution < 1.29 is 8.42 Å². The lowest BCUT2D eigenvalue weighted by Crippen LogP contribution is -2.34. The van der Waals surface area contributed by atoms with E-state index >= 15 is 0 Å². The predicted molar refractivity (Wildman–Crippen MR) is 53.4 cm³/mol. The molecule has 0 saturated carbocycles. The van der Waals surface area contributed by atoms with Crippen molar-refractivity contribution >= 4 is 9.84 Å². The predicted octanol–water partition coefficient (Wildman–Crippen LogP) is -0.546. The molecule has 13 heavy (non-hydrogen) atoms. The lowest BCUT2D eigenvalue weighted by Gasteiger charge is -2.22. The van der Waals surface area contributed by atoms with Gasteiger partial charge in [0, 0.05) is 6.04 Å². The average molecular weight is 206 g/mol. The summed E-state index contributed by atoms with van der Waals surface area (Å²) in [4.78, 5) is 2.11. The molecule has 0 spiro atoms. The van der Waals surface area contributed by atoms with Crippen LogP contribution in [0.3, 0.4) is 0 Å². The molecule has 4 nitrogen and oxygen atoms in total. The fraction of sp³-hybridized carbons (Fsp3) is 1.00. The van der Waals surface area contributed by atoms with Crippen LogP contribution in [0.25, 0.3) is 0 Å². The van der Waals surface area contributed by atoms with Crippen LogP contribution in [0.1, 0.15) is 12.8 Å². The molecule has 0 bridgehead atoms. The standard InChI is InChI=1S/C8H18N2O2S/c1-10(5-2-4-9)8-3-6-13(11,12)7-8/h8H,2-7,9H2,1H3. The van der Waals surface area contributed by atoms with Gasteiger partial charge in [0.25, 0.3) is 0 Å². The zero-order valence-corrected chi connectivity index (χ0v) is 8.89. The first-order valence-electron chi connectivity index (χ1n) is 4.66. The highest BCUT2D eigenvalue weighted by atomic mass is 32.2. The first-order chi connectivity index (χ1) is 6.05. The number of sulfone groups is 1. The molecule has 1 aliphatic heterocycles. The largest absolute Gasteiger partial charge is 0.330 e. The van der Waals surface area contributed by atoms with Gasteiger partial charge in [0.05, 0.1) is 11.5 Å². The van der Waals surface area contributed by atoms with Gasteiger partial charge < -0.3 is 10.6 Å². The molecule has 0 aromatic heterocycles. The summed E-state index contributed by atoms with van der Waals surface area (Å²) in [6, 6.07) is 0.219. The van der Waals surface area contributed by atoms with Gasteiger partial charge in [-0.15, -0.1) is 0 Å². The van der Waals surface area contributed by atoms with Crippen LogP contribution < -0.4 is 5.73 Å². The maximum atomic E-state index is 11.2. The summed E-state index contributed by atoms with van der Waals surface area (Å²) in [5.41, 5.74) is 5.38. The lowest BCUT2D eigenvalue weighted by molar-refractivity contribution is 0.260. The minimum atomic E-state index is -2.74. The smallest absolute Gasteiger partial charge is 0.151 e. The van der Waals surface area contributed by atoms with Crippen molar-refractivity contribution in [2.75, 3.05) is 31.6 Å². The third kappa shape index (κ3) is 3.25. The first-order valence-corrected chi connectivity index (χ1v) is 6.48. The van der Waals surface area contributed by atoms with Crippen LogP contribution in [0.5, 0.6) is 0 Å². The quantitative estimate of drug-likeness (QED) is 0.670. The van der Waals surface area contributed by atoms with Crippen LogP contribution >= 0.6 is 0 Å². The van der Waals surface area contributed by atoms with E-state index in [1.165, 1.54) is 0 Å². The van der Waals surface area contributed by atoms with Gasteiger partial charge in [-0.25, -0.2) is 8.42 Å². The Morgan fingerprint density at radius 3 is 2.69 bits per heavy atom. The highest BCUT2D eigenvalue weighted by molar-refractivity contribution is 7.91. The Morgan fingerprint density at radius 1 is 1.54 bits per heavy atom. The van der Waals surface area contributed by atoms with Crippen molar-refractivity contribution in [1.82, 2.24) is 4.90 Å². The van der Waals surface area contributed by atoms with E-state index in [-0.39, 0.29) is 6.04 Å². The van der Waals surface area contributed by atoms with Gasteiger partial charge in [-0.1, -0.05) is 0 Å². The van der Waals surface area contributed by atoms with E-state index < -0.39 is 9.84 Å². The maximum Gasteiger partial charge on any atom is 0.151 e. The molecule has 0 aliphatic carbocycles. The van der Waals surface area contributed by atoms with Crippen molar-refractivity contribution in [3.8, 4) is 0 Å². The molecule has 0 aromatic carbocycles. The van der Waals surface area contributed by atoms with E-state index in [9.17, 15) is 8.42 Å². The molecular formula is C8H18N2O2S. The Labute approximate surface area is 80.0 Å². The SMILES string of the molecule is CN(CCCN)C1CCS(=O)(=O)C1. The van der Waals surface area contributed by atoms with Crippen LogP contribution in [0.15, 0.2) is 0 Å². The van der Waals surface area contributed by atoms with Gasteiger partial charge in [0.2, 0.25) is 0 Å². The summed E-state index contributed by atoms with van der Waals surface area (Å²) in [5, 5.41) is 0. The fourth-order valence-corrected chi connectivity index (χ4v) is 3.45. The second-order valence-electron chi connectivity index (χ2n) is 3.68. The first kappa shape index (κ1) is 10.9. The summed E-state index contributed by atoms with van der Waals surface area (Å²) in [6.45, 7) is 1.57. The Morgan fingerprint density at radius 2 is 2.23 bits per heavy atom. The van der Waals surface area contributed by atoms with Crippen LogP contribution in [0.2, 0.25) is 0 Å². The van der Waals surface area contributed by atoms with E-state index in [1.807, 2.05) is 7.05 Å². The summed E-state index contributed by atoms with van der Waals surface area (Å²) in [7, 11) is -0.765. The van der Waals surface area contributed by atoms with Crippen molar-refractivity contribution in [3.63, 3.8) is 0 Å². The van der Waals surface area contributed by atoms with Gasteiger partial charge in [0.1, 0.15) is 0 Å². The minimum Gasteiger partial charge on any atom is -0.330 e. The summed E-state index contributed by atoms with van der Waals surface area (Å²) < 4.78 is 22.3. The highest BCUT2D eigenvalue weighted by Gasteiger charge is 2.29. The number of nitrogens with two attached hydrogens (primary N) is 1. The van der Waals surface area contributed by atoms with E-state index in [0.717, 1.165) is 19.4 Å². The van der Waals surface area contributed by atoms with Crippen LogP contribution in [0, 0.1) is 0 Å².